The maximum absolute atomic E-state index is 11.7. The van der Waals surface area contributed by atoms with Gasteiger partial charge < -0.3 is 5.11 Å². The molecule has 10 aromatic rings. The van der Waals surface area contributed by atoms with Crippen molar-refractivity contribution in [1.29, 1.82) is 0 Å². The normalized spacial score (nSPS) is 16.7. The van der Waals surface area contributed by atoms with Gasteiger partial charge in [0.2, 0.25) is 0 Å². The van der Waals surface area contributed by atoms with Gasteiger partial charge in [-0.05, 0) is 139 Å². The second-order valence-corrected chi connectivity index (χ2v) is 17.4. The summed E-state index contributed by atoms with van der Waals surface area (Å²) in [7, 11) is 0. The van der Waals surface area contributed by atoms with E-state index in [-0.39, 0.29) is 33.8 Å². The van der Waals surface area contributed by atoms with Gasteiger partial charge >= 0.3 is 0 Å². The standard InChI is InChI=1S/C63H55N3O/c1-41-35-58(55(40-54(41)44-19-12-9-13-20-44)45-27-31-51(32-28-45)63(5,6)7)66-57-23-16-22-52(60(57)65-61(66)53-21-14-15-24-59(53)67)48-36-47(42-17-10-8-11-18-42)37-49(38-48)56-39-46(33-34-64-56)43-25-29-50(30-26-43)62(2,3)4/h8-40,67H,1-7H3/i1D3,2D3,3D3,4D3,25D,26D,29D,30D,33D,34D,39D. The number of para-hydroxylation sites is 2. The van der Waals surface area contributed by atoms with Crippen molar-refractivity contribution in [3.05, 3.63) is 217 Å². The van der Waals surface area contributed by atoms with Crippen molar-refractivity contribution in [2.24, 2.45) is 0 Å². The molecule has 1 N–H and O–H groups in total. The van der Waals surface area contributed by atoms with Crippen molar-refractivity contribution < 1.29 is 31.2 Å². The monoisotopic (exact) mass is 889 g/mol. The molecule has 0 amide bonds. The largest absolute Gasteiger partial charge is 0.507 e. The molecule has 0 aliphatic rings. The maximum Gasteiger partial charge on any atom is 0.149 e. The van der Waals surface area contributed by atoms with Crippen molar-refractivity contribution in [2.45, 2.75) is 59.0 Å². The summed E-state index contributed by atoms with van der Waals surface area (Å²) in [4.78, 5) is 9.73. The zero-order chi connectivity index (χ0) is 62.5. The predicted octanol–water partition coefficient (Wildman–Crippen LogP) is 16.7. The van der Waals surface area contributed by atoms with E-state index in [9.17, 15) is 9.22 Å². The second kappa shape index (κ2) is 17.2. The number of hydrogen-bond donors (Lipinski definition) is 1. The van der Waals surface area contributed by atoms with Crippen LogP contribution in [-0.4, -0.2) is 19.6 Å². The molecule has 0 radical (unpaired) electrons. The summed E-state index contributed by atoms with van der Waals surface area (Å²) in [6, 6.07) is 40.6. The highest BCUT2D eigenvalue weighted by atomic mass is 16.3. The average molecular weight is 889 g/mol. The minimum atomic E-state index is -3.96. The Kier molecular flexibility index (Phi) is 6.76. The molecular formula is C63H55N3O. The van der Waals surface area contributed by atoms with Gasteiger partial charge in [-0.15, -0.1) is 0 Å². The molecule has 0 unspecified atom stereocenters. The van der Waals surface area contributed by atoms with E-state index in [1.165, 1.54) is 6.07 Å². The third-order valence-electron chi connectivity index (χ3n) is 11.8. The molecule has 0 aliphatic carbocycles. The van der Waals surface area contributed by atoms with E-state index in [0.29, 0.717) is 61.2 Å². The molecule has 10 rings (SSSR count). The van der Waals surface area contributed by atoms with Gasteiger partial charge in [-0.1, -0.05) is 175 Å². The molecule has 8 aromatic carbocycles. The molecule has 0 saturated carbocycles. The molecule has 4 nitrogen and oxygen atoms in total. The number of benzene rings is 8. The number of fused-ring (bicyclic) bond motifs is 1. The summed E-state index contributed by atoms with van der Waals surface area (Å²) >= 11 is 0. The lowest BCUT2D eigenvalue weighted by molar-refractivity contribution is 0.477. The molecule has 4 heteroatoms. The fourth-order valence-electron chi connectivity index (χ4n) is 8.35. The van der Waals surface area contributed by atoms with Crippen LogP contribution in [0.1, 0.15) is 84.1 Å². The van der Waals surface area contributed by atoms with Crippen LogP contribution in [0.2, 0.25) is 0 Å². The van der Waals surface area contributed by atoms with E-state index in [1.807, 2.05) is 108 Å². The van der Waals surface area contributed by atoms with Crippen LogP contribution >= 0.6 is 0 Å². The summed E-state index contributed by atoms with van der Waals surface area (Å²) in [6.07, 6.45) is -0.785. The number of phenols is 1. The van der Waals surface area contributed by atoms with E-state index < -0.39 is 91.9 Å². The minimum Gasteiger partial charge on any atom is -0.507 e. The zero-order valence-corrected chi connectivity index (χ0v) is 36.8. The van der Waals surface area contributed by atoms with E-state index in [2.05, 4.69) is 25.8 Å². The van der Waals surface area contributed by atoms with E-state index in [4.69, 9.17) is 26.9 Å². The Labute approximate surface area is 421 Å². The first-order valence-electron chi connectivity index (χ1n) is 31.1. The van der Waals surface area contributed by atoms with E-state index >= 15 is 0 Å². The van der Waals surface area contributed by atoms with Crippen molar-refractivity contribution in [3.8, 4) is 89.7 Å². The smallest absolute Gasteiger partial charge is 0.149 e. The van der Waals surface area contributed by atoms with Crippen molar-refractivity contribution in [1.82, 2.24) is 14.5 Å². The molecule has 0 atom stereocenters. The maximum atomic E-state index is 11.7. The van der Waals surface area contributed by atoms with Gasteiger partial charge in [0.15, 0.2) is 0 Å². The first kappa shape index (κ1) is 26.4. The first-order valence-corrected chi connectivity index (χ1v) is 21.6. The molecule has 67 heavy (non-hydrogen) atoms. The fraction of sp³-hybridized carbons (Fsp3) is 0.143. The number of imidazole rings is 1. The van der Waals surface area contributed by atoms with Gasteiger partial charge in [-0.2, -0.15) is 0 Å². The van der Waals surface area contributed by atoms with Gasteiger partial charge in [-0.25, -0.2) is 4.98 Å². The zero-order valence-electron chi connectivity index (χ0n) is 55.8. The summed E-state index contributed by atoms with van der Waals surface area (Å²) in [5.74, 6) is 0.120. The minimum absolute atomic E-state index is 0.0552. The molecule has 2 aromatic heterocycles. The SMILES string of the molecule is [2H]c1nc(-c2cc(-c3ccccc3)cc(-c3cccc4c3nc(-c3ccccc3O)n4-c3cc(C([2H])([2H])[2H])c(-c4ccccc4)cc3-c3ccc(C(C)(C)C)cc3)c2)c([2H])c(-c2c([2H])c([2H])c(C(C([2H])([2H])[2H])(C([2H])([2H])[2H])C([2H])([2H])[2H])c([2H])c2[2H])c1[2H]. The number of rotatable bonds is 8. The molecule has 2 heterocycles. The molecule has 328 valence electrons. The number of aromatic nitrogens is 3. The average Bonchev–Trinajstić information content (AvgIpc) is 0.772. The lowest BCUT2D eigenvalue weighted by Gasteiger charge is -2.21. The van der Waals surface area contributed by atoms with Crippen LogP contribution < -0.4 is 0 Å². The van der Waals surface area contributed by atoms with Crippen molar-refractivity contribution >= 4 is 11.0 Å². The van der Waals surface area contributed by atoms with Crippen LogP contribution in [0.25, 0.3) is 95.0 Å². The van der Waals surface area contributed by atoms with Crippen LogP contribution in [-0.2, 0) is 10.8 Å². The third-order valence-corrected chi connectivity index (χ3v) is 11.8. The van der Waals surface area contributed by atoms with Gasteiger partial charge in [0.1, 0.15) is 11.6 Å². The van der Waals surface area contributed by atoms with Crippen molar-refractivity contribution in [3.63, 3.8) is 0 Å². The Bertz CT molecular complexity index is 4230. The fourth-order valence-corrected chi connectivity index (χ4v) is 8.35. The molecule has 0 saturated heterocycles. The van der Waals surface area contributed by atoms with Gasteiger partial charge in [-0.3, -0.25) is 9.55 Å². The third kappa shape index (κ3) is 8.48. The van der Waals surface area contributed by atoms with Crippen LogP contribution in [0, 0.1) is 6.85 Å². The first-order chi connectivity index (χ1) is 40.2. The molecule has 0 bridgehead atoms. The number of hydrogen-bond acceptors (Lipinski definition) is 3. The lowest BCUT2D eigenvalue weighted by Crippen LogP contribution is -2.10. The Morgan fingerprint density at radius 3 is 1.87 bits per heavy atom. The van der Waals surface area contributed by atoms with Crippen LogP contribution in [0.4, 0.5) is 0 Å². The number of nitrogens with zero attached hydrogens (tertiary/aromatic N) is 3. The van der Waals surface area contributed by atoms with E-state index in [0.717, 1.165) is 11.1 Å². The van der Waals surface area contributed by atoms with Gasteiger partial charge in [0.05, 0.1) is 37.6 Å². The summed E-state index contributed by atoms with van der Waals surface area (Å²) in [5.41, 5.74) is 0.250. The van der Waals surface area contributed by atoms with Crippen LogP contribution in [0.3, 0.4) is 0 Å². The quantitative estimate of drug-likeness (QED) is 0.165. The second-order valence-electron chi connectivity index (χ2n) is 17.4. The Balaban J connectivity index is 1.27. The summed E-state index contributed by atoms with van der Waals surface area (Å²) in [6.45, 7) is -8.17. The number of aromatic hydroxyl groups is 1. The predicted molar refractivity (Wildman–Crippen MR) is 281 cm³/mol. The highest BCUT2D eigenvalue weighted by Crippen LogP contribution is 2.43. The molecule has 0 fully saturated rings. The molecule has 0 aliphatic heterocycles. The van der Waals surface area contributed by atoms with Gasteiger partial charge in [0.25, 0.3) is 0 Å². The summed E-state index contributed by atoms with van der Waals surface area (Å²) < 4.78 is 168. The highest BCUT2D eigenvalue weighted by Gasteiger charge is 2.24. The lowest BCUT2D eigenvalue weighted by atomic mass is 9.85. The summed E-state index contributed by atoms with van der Waals surface area (Å²) in [5, 5.41) is 11.7. The Hall–Kier alpha value is -7.82. The molecule has 0 spiro atoms. The number of phenolic OH excluding ortho intramolecular Hbond substituents is 1. The highest BCUT2D eigenvalue weighted by molar-refractivity contribution is 5.99. The van der Waals surface area contributed by atoms with Gasteiger partial charge in [0, 0.05) is 39.3 Å². The Morgan fingerprint density at radius 1 is 0.507 bits per heavy atom. The van der Waals surface area contributed by atoms with E-state index in [1.54, 1.807) is 48.5 Å². The Morgan fingerprint density at radius 2 is 1.16 bits per heavy atom. The van der Waals surface area contributed by atoms with Crippen LogP contribution in [0.5, 0.6) is 5.75 Å². The molecular weight excluding hydrogens is 815 g/mol. The topological polar surface area (TPSA) is 50.9 Å². The number of pyridine rings is 1. The van der Waals surface area contributed by atoms with Crippen molar-refractivity contribution in [2.75, 3.05) is 0 Å². The number of aryl methyl sites for hydroxylation is 1. The van der Waals surface area contributed by atoms with Crippen LogP contribution in [0.15, 0.2) is 200 Å².